The number of hydrogen-bond donors (Lipinski definition) is 2. The van der Waals surface area contributed by atoms with Crippen molar-refractivity contribution in [3.8, 4) is 0 Å². The number of rotatable bonds is 4. The Morgan fingerprint density at radius 1 is 1.08 bits per heavy atom. The van der Waals surface area contributed by atoms with E-state index in [4.69, 9.17) is 35.4 Å². The molecule has 0 aromatic heterocycles. The molecule has 24 heavy (non-hydrogen) atoms. The molecule has 2 N–H and O–H groups in total. The number of sulfonamides is 1. The summed E-state index contributed by atoms with van der Waals surface area (Å²) in [6.45, 7) is 0. The Balaban J connectivity index is 2.17. The Labute approximate surface area is 156 Å². The summed E-state index contributed by atoms with van der Waals surface area (Å²) >= 11 is 17.3. The first-order chi connectivity index (χ1) is 11.2. The van der Waals surface area contributed by atoms with Crippen LogP contribution in [0, 0.1) is 0 Å². The quantitative estimate of drug-likeness (QED) is 0.753. The van der Waals surface area contributed by atoms with Crippen LogP contribution in [-0.4, -0.2) is 31.9 Å². The molecule has 0 spiro atoms. The third-order valence-electron chi connectivity index (χ3n) is 3.07. The summed E-state index contributed by atoms with van der Waals surface area (Å²) in [5.74, 6) is 0. The molecule has 0 fully saturated rings. The summed E-state index contributed by atoms with van der Waals surface area (Å²) in [4.78, 5) is 0.168. The highest BCUT2D eigenvalue weighted by Gasteiger charge is 2.17. The first-order valence-electron chi connectivity index (χ1n) is 6.76. The molecule has 0 bridgehead atoms. The molecule has 0 aliphatic rings. The first-order valence-corrected chi connectivity index (χ1v) is 9.37. The fraction of sp³-hybridized carbons (Fsp3) is 0.133. The molecule has 0 saturated heterocycles. The van der Waals surface area contributed by atoms with Crippen molar-refractivity contribution in [1.29, 1.82) is 0 Å². The van der Waals surface area contributed by atoms with E-state index in [0.717, 1.165) is 4.31 Å². The lowest BCUT2D eigenvalue weighted by atomic mass is 10.3. The zero-order valence-corrected chi connectivity index (χ0v) is 16.0. The van der Waals surface area contributed by atoms with Crippen molar-refractivity contribution in [3.05, 3.63) is 52.5 Å². The molecule has 0 saturated carbocycles. The Morgan fingerprint density at radius 2 is 1.75 bits per heavy atom. The van der Waals surface area contributed by atoms with Gasteiger partial charge in [-0.3, -0.25) is 0 Å². The largest absolute Gasteiger partial charge is 0.332 e. The lowest BCUT2D eigenvalue weighted by Gasteiger charge is -2.14. The number of thiocarbonyl (C=S) groups is 1. The van der Waals surface area contributed by atoms with Crippen LogP contribution in [0.5, 0.6) is 0 Å². The zero-order valence-electron chi connectivity index (χ0n) is 12.9. The minimum Gasteiger partial charge on any atom is -0.332 e. The molecule has 0 amide bonds. The maximum Gasteiger partial charge on any atom is 0.242 e. The highest BCUT2D eigenvalue weighted by Crippen LogP contribution is 2.29. The second-order valence-corrected chi connectivity index (χ2v) is 8.34. The number of benzene rings is 2. The molecule has 2 aromatic rings. The van der Waals surface area contributed by atoms with Crippen molar-refractivity contribution in [2.45, 2.75) is 4.90 Å². The second-order valence-electron chi connectivity index (χ2n) is 5.00. The van der Waals surface area contributed by atoms with Gasteiger partial charge in [-0.1, -0.05) is 35.3 Å². The third-order valence-corrected chi connectivity index (χ3v) is 5.90. The van der Waals surface area contributed by atoms with E-state index in [-0.39, 0.29) is 10.0 Å². The van der Waals surface area contributed by atoms with Gasteiger partial charge in [-0.05, 0) is 42.5 Å². The Bertz CT molecular complexity index is 871. The number of nitrogens with zero attached hydrogens (tertiary/aromatic N) is 1. The predicted octanol–water partition coefficient (Wildman–Crippen LogP) is 4.05. The van der Waals surface area contributed by atoms with Crippen molar-refractivity contribution in [2.75, 3.05) is 24.7 Å². The average molecular weight is 404 g/mol. The van der Waals surface area contributed by atoms with Crippen molar-refractivity contribution in [1.82, 2.24) is 4.31 Å². The van der Waals surface area contributed by atoms with Gasteiger partial charge in [-0.25, -0.2) is 12.7 Å². The van der Waals surface area contributed by atoms with Gasteiger partial charge in [0.25, 0.3) is 0 Å². The molecule has 0 atom stereocenters. The van der Waals surface area contributed by atoms with Crippen LogP contribution >= 0.6 is 35.4 Å². The van der Waals surface area contributed by atoms with E-state index in [1.54, 1.807) is 30.3 Å². The van der Waals surface area contributed by atoms with E-state index in [1.807, 2.05) is 0 Å². The lowest BCUT2D eigenvalue weighted by molar-refractivity contribution is 0.521. The Hall–Kier alpha value is -1.38. The molecule has 0 aliphatic carbocycles. The summed E-state index contributed by atoms with van der Waals surface area (Å²) < 4.78 is 25.5. The molecule has 2 aromatic carbocycles. The highest BCUT2D eigenvalue weighted by atomic mass is 35.5. The van der Waals surface area contributed by atoms with Crippen LogP contribution in [0.15, 0.2) is 47.4 Å². The molecular weight excluding hydrogens is 389 g/mol. The van der Waals surface area contributed by atoms with Gasteiger partial charge in [0.2, 0.25) is 10.0 Å². The van der Waals surface area contributed by atoms with Crippen LogP contribution in [0.3, 0.4) is 0 Å². The molecule has 2 rings (SSSR count). The Morgan fingerprint density at radius 3 is 2.42 bits per heavy atom. The summed E-state index contributed by atoms with van der Waals surface area (Å²) in [5.41, 5.74) is 1.09. The average Bonchev–Trinajstić information content (AvgIpc) is 2.52. The van der Waals surface area contributed by atoms with Crippen molar-refractivity contribution >= 4 is 61.9 Å². The van der Waals surface area contributed by atoms with Crippen LogP contribution in [0.1, 0.15) is 0 Å². The maximum absolute atomic E-state index is 12.2. The normalized spacial score (nSPS) is 11.4. The maximum atomic E-state index is 12.2. The van der Waals surface area contributed by atoms with Gasteiger partial charge in [0, 0.05) is 19.8 Å². The van der Waals surface area contributed by atoms with Crippen molar-refractivity contribution in [3.63, 3.8) is 0 Å². The number of anilines is 2. The molecule has 0 aliphatic heterocycles. The van der Waals surface area contributed by atoms with E-state index in [9.17, 15) is 8.42 Å². The van der Waals surface area contributed by atoms with Gasteiger partial charge in [0.15, 0.2) is 5.11 Å². The van der Waals surface area contributed by atoms with Gasteiger partial charge >= 0.3 is 0 Å². The number of hydrogen-bond acceptors (Lipinski definition) is 3. The SMILES string of the molecule is CN(C)S(=O)(=O)c1cccc(NC(=S)Nc2cccc(Cl)c2Cl)c1. The van der Waals surface area contributed by atoms with Gasteiger partial charge in [-0.15, -0.1) is 0 Å². The second kappa shape index (κ2) is 7.67. The molecule has 9 heteroatoms. The van der Waals surface area contributed by atoms with E-state index >= 15 is 0 Å². The van der Waals surface area contributed by atoms with Crippen LogP contribution < -0.4 is 10.6 Å². The topological polar surface area (TPSA) is 61.4 Å². The minimum absolute atomic E-state index is 0.168. The van der Waals surface area contributed by atoms with Crippen LogP contribution in [0.25, 0.3) is 0 Å². The molecule has 0 radical (unpaired) electrons. The predicted molar refractivity (Wildman–Crippen MR) is 104 cm³/mol. The van der Waals surface area contributed by atoms with Crippen LogP contribution in [0.4, 0.5) is 11.4 Å². The molecular formula is C15H15Cl2N3O2S2. The summed E-state index contributed by atoms with van der Waals surface area (Å²) in [5, 5.41) is 6.87. The number of nitrogens with one attached hydrogen (secondary N) is 2. The summed E-state index contributed by atoms with van der Waals surface area (Å²) in [7, 11) is -0.565. The molecule has 0 unspecified atom stereocenters. The fourth-order valence-electron chi connectivity index (χ4n) is 1.83. The van der Waals surface area contributed by atoms with Crippen molar-refractivity contribution in [2.24, 2.45) is 0 Å². The standard InChI is InChI=1S/C15H15Cl2N3O2S2/c1-20(2)24(21,22)11-6-3-5-10(9-11)18-15(23)19-13-8-4-7-12(16)14(13)17/h3-9H,1-2H3,(H2,18,19,23). The van der Waals surface area contributed by atoms with E-state index in [1.165, 1.54) is 26.2 Å². The van der Waals surface area contributed by atoms with E-state index in [2.05, 4.69) is 10.6 Å². The molecule has 5 nitrogen and oxygen atoms in total. The van der Waals surface area contributed by atoms with E-state index < -0.39 is 10.0 Å². The van der Waals surface area contributed by atoms with Crippen LogP contribution in [-0.2, 0) is 10.0 Å². The smallest absolute Gasteiger partial charge is 0.242 e. The first kappa shape index (κ1) is 19.0. The zero-order chi connectivity index (χ0) is 17.9. The fourth-order valence-corrected chi connectivity index (χ4v) is 3.35. The van der Waals surface area contributed by atoms with Gasteiger partial charge in [0.05, 0.1) is 20.6 Å². The third kappa shape index (κ3) is 4.37. The minimum atomic E-state index is -3.52. The van der Waals surface area contributed by atoms with Crippen LogP contribution in [0.2, 0.25) is 10.0 Å². The summed E-state index contributed by atoms with van der Waals surface area (Å²) in [6.07, 6.45) is 0. The Kier molecular flexibility index (Phi) is 6.06. The molecule has 0 heterocycles. The monoisotopic (exact) mass is 403 g/mol. The lowest BCUT2D eigenvalue weighted by Crippen LogP contribution is -2.23. The highest BCUT2D eigenvalue weighted by molar-refractivity contribution is 7.89. The van der Waals surface area contributed by atoms with Gasteiger partial charge in [0.1, 0.15) is 0 Å². The van der Waals surface area contributed by atoms with Gasteiger partial charge < -0.3 is 10.6 Å². The molecule has 128 valence electrons. The van der Waals surface area contributed by atoms with Crippen molar-refractivity contribution < 1.29 is 8.42 Å². The summed E-state index contributed by atoms with van der Waals surface area (Å²) in [6, 6.07) is 11.5. The van der Waals surface area contributed by atoms with Gasteiger partial charge in [-0.2, -0.15) is 0 Å². The number of halogens is 2. The van der Waals surface area contributed by atoms with E-state index in [0.29, 0.717) is 21.4 Å².